The molecule has 0 radical (unpaired) electrons. The lowest BCUT2D eigenvalue weighted by molar-refractivity contribution is 0.385. The van der Waals surface area contributed by atoms with Crippen LogP contribution in [0.5, 0.6) is 5.75 Å². The summed E-state index contributed by atoms with van der Waals surface area (Å²) >= 11 is 9.37. The number of halogens is 3. The first-order valence-corrected chi connectivity index (χ1v) is 7.23. The zero-order valence-electron chi connectivity index (χ0n) is 11.1. The Balaban J connectivity index is 2.21. The summed E-state index contributed by atoms with van der Waals surface area (Å²) in [5.74, 6) is -0.123. The van der Waals surface area contributed by atoms with Gasteiger partial charge in [0.1, 0.15) is 0 Å². The summed E-state index contributed by atoms with van der Waals surface area (Å²) in [5.41, 5.74) is 1.86. The topological polar surface area (TPSA) is 21.3 Å². The molecule has 1 atom stereocenters. The zero-order valence-corrected chi connectivity index (χ0v) is 13.4. The molecule has 1 unspecified atom stereocenters. The molecule has 2 rings (SSSR count). The maximum atomic E-state index is 13.4. The van der Waals surface area contributed by atoms with Crippen LogP contribution in [0.15, 0.2) is 40.9 Å². The van der Waals surface area contributed by atoms with E-state index in [0.717, 1.165) is 15.7 Å². The van der Waals surface area contributed by atoms with Gasteiger partial charge in [-0.3, -0.25) is 0 Å². The number of benzene rings is 2. The lowest BCUT2D eigenvalue weighted by Crippen LogP contribution is -2.07. The summed E-state index contributed by atoms with van der Waals surface area (Å²) in [6.07, 6.45) is 0. The van der Waals surface area contributed by atoms with Crippen molar-refractivity contribution >= 4 is 33.2 Å². The van der Waals surface area contributed by atoms with E-state index < -0.39 is 0 Å². The molecule has 1 N–H and O–H groups in total. The first-order valence-electron chi connectivity index (χ1n) is 6.06. The summed E-state index contributed by atoms with van der Waals surface area (Å²) in [7, 11) is 1.45. The van der Waals surface area contributed by atoms with Crippen molar-refractivity contribution in [3.63, 3.8) is 0 Å². The van der Waals surface area contributed by atoms with Crippen LogP contribution in [0, 0.1) is 5.82 Å². The second-order valence-corrected chi connectivity index (χ2v) is 5.67. The van der Waals surface area contributed by atoms with E-state index >= 15 is 0 Å². The van der Waals surface area contributed by atoms with Gasteiger partial charge in [0.2, 0.25) is 0 Å². The number of rotatable bonds is 4. The highest BCUT2D eigenvalue weighted by molar-refractivity contribution is 9.10. The molecule has 20 heavy (non-hydrogen) atoms. The van der Waals surface area contributed by atoms with E-state index in [2.05, 4.69) is 21.2 Å². The smallest absolute Gasteiger partial charge is 0.165 e. The Hall–Kier alpha value is -1.26. The fourth-order valence-corrected chi connectivity index (χ4v) is 2.67. The molecular formula is C15H14BrClFNO. The quantitative estimate of drug-likeness (QED) is 0.787. The molecule has 2 aromatic carbocycles. The number of nitrogens with one attached hydrogen (secondary N) is 1. The van der Waals surface area contributed by atoms with Crippen LogP contribution in [-0.4, -0.2) is 7.11 Å². The molecule has 0 saturated heterocycles. The van der Waals surface area contributed by atoms with E-state index in [9.17, 15) is 4.39 Å². The van der Waals surface area contributed by atoms with Crippen molar-refractivity contribution in [2.75, 3.05) is 12.4 Å². The molecule has 0 aliphatic rings. The average molecular weight is 359 g/mol. The second-order valence-electron chi connectivity index (χ2n) is 4.38. The number of anilines is 1. The van der Waals surface area contributed by atoms with E-state index in [1.54, 1.807) is 12.1 Å². The van der Waals surface area contributed by atoms with Crippen LogP contribution in [0.3, 0.4) is 0 Å². The largest absolute Gasteiger partial charge is 0.494 e. The Morgan fingerprint density at radius 1 is 1.25 bits per heavy atom. The Morgan fingerprint density at radius 2 is 2.00 bits per heavy atom. The van der Waals surface area contributed by atoms with Crippen molar-refractivity contribution in [2.24, 2.45) is 0 Å². The highest BCUT2D eigenvalue weighted by Gasteiger charge is 2.11. The number of ether oxygens (including phenoxy) is 1. The fourth-order valence-electron chi connectivity index (χ4n) is 1.87. The van der Waals surface area contributed by atoms with E-state index in [1.165, 1.54) is 13.2 Å². The number of hydrogen-bond acceptors (Lipinski definition) is 2. The van der Waals surface area contributed by atoms with Gasteiger partial charge in [0.25, 0.3) is 0 Å². The minimum absolute atomic E-state index is 0.00183. The molecule has 0 heterocycles. The minimum atomic E-state index is -0.365. The Morgan fingerprint density at radius 3 is 2.65 bits per heavy atom. The average Bonchev–Trinajstić information content (AvgIpc) is 2.42. The first-order chi connectivity index (χ1) is 9.51. The van der Waals surface area contributed by atoms with Crippen LogP contribution in [0.1, 0.15) is 18.5 Å². The molecule has 0 spiro atoms. The predicted molar refractivity (Wildman–Crippen MR) is 84.1 cm³/mol. The molecule has 2 nitrogen and oxygen atoms in total. The van der Waals surface area contributed by atoms with Crippen LogP contribution >= 0.6 is 27.5 Å². The molecule has 5 heteroatoms. The van der Waals surface area contributed by atoms with Crippen LogP contribution in [0.4, 0.5) is 10.1 Å². The van der Waals surface area contributed by atoms with Crippen molar-refractivity contribution in [1.29, 1.82) is 0 Å². The maximum Gasteiger partial charge on any atom is 0.165 e. The summed E-state index contributed by atoms with van der Waals surface area (Å²) in [5, 5.41) is 4.01. The Bertz CT molecular complexity index is 621. The van der Waals surface area contributed by atoms with Gasteiger partial charge < -0.3 is 10.1 Å². The molecule has 0 fully saturated rings. The highest BCUT2D eigenvalue weighted by Crippen LogP contribution is 2.30. The van der Waals surface area contributed by atoms with Crippen molar-refractivity contribution in [1.82, 2.24) is 0 Å². The van der Waals surface area contributed by atoms with Gasteiger partial charge in [-0.25, -0.2) is 4.39 Å². The van der Waals surface area contributed by atoms with E-state index in [0.29, 0.717) is 5.02 Å². The van der Waals surface area contributed by atoms with Crippen molar-refractivity contribution in [3.05, 3.63) is 57.3 Å². The summed E-state index contributed by atoms with van der Waals surface area (Å²) in [4.78, 5) is 0. The van der Waals surface area contributed by atoms with Gasteiger partial charge in [-0.1, -0.05) is 17.7 Å². The lowest BCUT2D eigenvalue weighted by Gasteiger charge is -2.18. The molecule has 0 amide bonds. The van der Waals surface area contributed by atoms with Gasteiger partial charge in [-0.15, -0.1) is 0 Å². The van der Waals surface area contributed by atoms with Crippen LogP contribution in [0.2, 0.25) is 5.02 Å². The fraction of sp³-hybridized carbons (Fsp3) is 0.200. The van der Waals surface area contributed by atoms with Gasteiger partial charge in [0.15, 0.2) is 11.6 Å². The van der Waals surface area contributed by atoms with E-state index in [4.69, 9.17) is 16.3 Å². The molecule has 0 aliphatic heterocycles. The molecule has 106 valence electrons. The van der Waals surface area contributed by atoms with Gasteiger partial charge >= 0.3 is 0 Å². The number of methoxy groups -OCH3 is 1. The van der Waals surface area contributed by atoms with Gasteiger partial charge in [-0.2, -0.15) is 0 Å². The maximum absolute atomic E-state index is 13.4. The molecular weight excluding hydrogens is 345 g/mol. The SMILES string of the molecule is COc1cc(C(C)Nc2ccc(Cl)cc2Br)ccc1F. The third-order valence-electron chi connectivity index (χ3n) is 2.98. The normalized spacial score (nSPS) is 12.1. The van der Waals surface area contributed by atoms with Gasteiger partial charge in [-0.05, 0) is 58.7 Å². The standard InChI is InChI=1S/C15H14BrClFNO/c1-9(10-3-5-13(18)15(7-10)20-2)19-14-6-4-11(17)8-12(14)16/h3-9,19H,1-2H3. The summed E-state index contributed by atoms with van der Waals surface area (Å²) in [6.45, 7) is 1.99. The zero-order chi connectivity index (χ0) is 14.7. The molecule has 0 bridgehead atoms. The van der Waals surface area contributed by atoms with Crippen LogP contribution in [-0.2, 0) is 0 Å². The summed E-state index contributed by atoms with van der Waals surface area (Å²) < 4.78 is 19.3. The lowest BCUT2D eigenvalue weighted by atomic mass is 10.1. The molecule has 0 aromatic heterocycles. The molecule has 2 aromatic rings. The number of hydrogen-bond donors (Lipinski definition) is 1. The molecule has 0 aliphatic carbocycles. The van der Waals surface area contributed by atoms with E-state index in [1.807, 2.05) is 25.1 Å². The molecule has 0 saturated carbocycles. The van der Waals surface area contributed by atoms with Crippen LogP contribution < -0.4 is 10.1 Å². The van der Waals surface area contributed by atoms with Crippen molar-refractivity contribution in [3.8, 4) is 5.75 Å². The Labute approximate surface area is 131 Å². The van der Waals surface area contributed by atoms with Gasteiger partial charge in [0.05, 0.1) is 7.11 Å². The monoisotopic (exact) mass is 357 g/mol. The van der Waals surface area contributed by atoms with E-state index in [-0.39, 0.29) is 17.6 Å². The predicted octanol–water partition coefficient (Wildman–Crippen LogP) is 5.42. The third kappa shape index (κ3) is 3.44. The van der Waals surface area contributed by atoms with Crippen LogP contribution in [0.25, 0.3) is 0 Å². The Kier molecular flexibility index (Phi) is 4.89. The first kappa shape index (κ1) is 15.1. The van der Waals surface area contributed by atoms with Gasteiger partial charge in [0, 0.05) is 21.2 Å². The third-order valence-corrected chi connectivity index (χ3v) is 3.87. The van der Waals surface area contributed by atoms with Crippen molar-refractivity contribution in [2.45, 2.75) is 13.0 Å². The summed E-state index contributed by atoms with van der Waals surface area (Å²) in [6, 6.07) is 10.4. The van der Waals surface area contributed by atoms with Crippen molar-refractivity contribution < 1.29 is 9.13 Å². The minimum Gasteiger partial charge on any atom is -0.494 e. The highest BCUT2D eigenvalue weighted by atomic mass is 79.9. The second kappa shape index (κ2) is 6.46.